The molecule has 1 aromatic carbocycles. The van der Waals surface area contributed by atoms with Crippen LogP contribution >= 0.6 is 0 Å². The highest BCUT2D eigenvalue weighted by Gasteiger charge is 2.24. The fraction of sp³-hybridized carbons (Fsp3) is 0.500. The first-order valence-corrected chi connectivity index (χ1v) is 8.15. The molecule has 0 radical (unpaired) electrons. The molecule has 1 aliphatic carbocycles. The van der Waals surface area contributed by atoms with Gasteiger partial charge >= 0.3 is 0 Å². The third-order valence-electron chi connectivity index (χ3n) is 4.25. The van der Waals surface area contributed by atoms with Crippen molar-refractivity contribution in [3.63, 3.8) is 0 Å². The molecule has 3 rings (SSSR count). The van der Waals surface area contributed by atoms with Gasteiger partial charge in [0.2, 0.25) is 0 Å². The normalized spacial score (nSPS) is 14.5. The molecule has 0 saturated heterocycles. The molecule has 4 nitrogen and oxygen atoms in total. The quantitative estimate of drug-likeness (QED) is 0.712. The van der Waals surface area contributed by atoms with Crippen LogP contribution < -0.4 is 4.74 Å². The van der Waals surface area contributed by atoms with Crippen LogP contribution in [0.3, 0.4) is 0 Å². The molecule has 0 amide bonds. The zero-order valence-electron chi connectivity index (χ0n) is 13.3. The number of ether oxygens (including phenoxy) is 1. The Hall–Kier alpha value is -1.81. The summed E-state index contributed by atoms with van der Waals surface area (Å²) in [6.45, 7) is 4.34. The van der Waals surface area contributed by atoms with Gasteiger partial charge in [0.1, 0.15) is 5.75 Å². The summed E-state index contributed by atoms with van der Waals surface area (Å²) in [5.41, 5.74) is 1.29. The number of aromatic nitrogens is 2. The lowest BCUT2D eigenvalue weighted by Gasteiger charge is -2.23. The Morgan fingerprint density at radius 2 is 2.18 bits per heavy atom. The molecule has 1 aromatic heterocycles. The van der Waals surface area contributed by atoms with Gasteiger partial charge in [-0.15, -0.1) is 0 Å². The van der Waals surface area contributed by atoms with Crippen molar-refractivity contribution in [1.29, 1.82) is 0 Å². The molecule has 2 aromatic rings. The maximum Gasteiger partial charge on any atom is 0.123 e. The van der Waals surface area contributed by atoms with Crippen molar-refractivity contribution in [2.45, 2.75) is 32.4 Å². The average Bonchev–Trinajstić information content (AvgIpc) is 3.20. The third-order valence-corrected chi connectivity index (χ3v) is 4.25. The Labute approximate surface area is 132 Å². The van der Waals surface area contributed by atoms with E-state index in [-0.39, 0.29) is 0 Å². The van der Waals surface area contributed by atoms with Gasteiger partial charge < -0.3 is 9.30 Å². The number of nitrogens with zero attached hydrogens (tertiary/aromatic N) is 3. The molecule has 22 heavy (non-hydrogen) atoms. The Kier molecular flexibility index (Phi) is 5.11. The number of imidazole rings is 1. The number of hydrogen-bond acceptors (Lipinski definition) is 3. The van der Waals surface area contributed by atoms with Gasteiger partial charge in [-0.2, -0.15) is 0 Å². The average molecular weight is 299 g/mol. The summed E-state index contributed by atoms with van der Waals surface area (Å²) in [7, 11) is 1.75. The molecule has 1 saturated carbocycles. The van der Waals surface area contributed by atoms with E-state index in [0.29, 0.717) is 0 Å². The van der Waals surface area contributed by atoms with E-state index in [9.17, 15) is 0 Å². The lowest BCUT2D eigenvalue weighted by molar-refractivity contribution is 0.243. The van der Waals surface area contributed by atoms with E-state index in [1.54, 1.807) is 7.11 Å². The van der Waals surface area contributed by atoms with E-state index in [4.69, 9.17) is 4.74 Å². The zero-order chi connectivity index (χ0) is 15.2. The summed E-state index contributed by atoms with van der Waals surface area (Å²) in [5, 5.41) is 0. The van der Waals surface area contributed by atoms with Crippen molar-refractivity contribution in [2.24, 2.45) is 5.92 Å². The number of benzene rings is 1. The Balaban J connectivity index is 1.56. The predicted molar refractivity (Wildman–Crippen MR) is 87.8 cm³/mol. The lowest BCUT2D eigenvalue weighted by Crippen LogP contribution is -2.27. The highest BCUT2D eigenvalue weighted by Crippen LogP contribution is 2.31. The zero-order valence-corrected chi connectivity index (χ0v) is 13.3. The minimum absolute atomic E-state index is 0.906. The van der Waals surface area contributed by atoms with Crippen molar-refractivity contribution in [3.8, 4) is 5.75 Å². The van der Waals surface area contributed by atoms with Crippen LogP contribution in [-0.4, -0.2) is 34.7 Å². The van der Waals surface area contributed by atoms with Gasteiger partial charge in [0.05, 0.1) is 13.4 Å². The van der Waals surface area contributed by atoms with Gasteiger partial charge in [0.15, 0.2) is 0 Å². The third kappa shape index (κ3) is 4.34. The molecule has 1 aliphatic rings. The minimum Gasteiger partial charge on any atom is -0.496 e. The Bertz CT molecular complexity index is 563. The SMILES string of the molecule is COc1ccccc1CN(CCCn1ccnc1)CC1CC1. The molecule has 4 heteroatoms. The van der Waals surface area contributed by atoms with Crippen molar-refractivity contribution in [2.75, 3.05) is 20.2 Å². The van der Waals surface area contributed by atoms with E-state index in [1.807, 2.05) is 24.8 Å². The van der Waals surface area contributed by atoms with Crippen molar-refractivity contribution < 1.29 is 4.74 Å². The van der Waals surface area contributed by atoms with E-state index >= 15 is 0 Å². The largest absolute Gasteiger partial charge is 0.496 e. The first-order chi connectivity index (χ1) is 10.8. The molecular formula is C18H25N3O. The van der Waals surface area contributed by atoms with Gasteiger partial charge in [0, 0.05) is 44.1 Å². The van der Waals surface area contributed by atoms with Gasteiger partial charge in [-0.3, -0.25) is 4.90 Å². The second-order valence-corrected chi connectivity index (χ2v) is 6.14. The lowest BCUT2D eigenvalue weighted by atomic mass is 10.1. The Morgan fingerprint density at radius 1 is 1.32 bits per heavy atom. The molecule has 0 spiro atoms. The summed E-state index contributed by atoms with van der Waals surface area (Å²) in [6.07, 6.45) is 9.71. The maximum absolute atomic E-state index is 5.49. The van der Waals surface area contributed by atoms with Gasteiger partial charge in [0.25, 0.3) is 0 Å². The number of methoxy groups -OCH3 is 1. The maximum atomic E-state index is 5.49. The van der Waals surface area contributed by atoms with Crippen LogP contribution in [-0.2, 0) is 13.1 Å². The predicted octanol–water partition coefficient (Wildman–Crippen LogP) is 3.19. The summed E-state index contributed by atoms with van der Waals surface area (Å²) in [6, 6.07) is 8.36. The highest BCUT2D eigenvalue weighted by atomic mass is 16.5. The van der Waals surface area contributed by atoms with Crippen LogP contribution in [0.1, 0.15) is 24.8 Å². The molecule has 1 fully saturated rings. The van der Waals surface area contributed by atoms with Crippen LogP contribution in [0.25, 0.3) is 0 Å². The fourth-order valence-corrected chi connectivity index (χ4v) is 2.87. The topological polar surface area (TPSA) is 30.3 Å². The highest BCUT2D eigenvalue weighted by molar-refractivity contribution is 5.33. The molecule has 0 unspecified atom stereocenters. The second kappa shape index (κ2) is 7.45. The standard InChI is InChI=1S/C18H25N3O/c1-22-18-6-3-2-5-17(18)14-21(13-16-7-8-16)11-4-10-20-12-9-19-15-20/h2-3,5-6,9,12,15-16H,4,7-8,10-11,13-14H2,1H3. The van der Waals surface area contributed by atoms with E-state index < -0.39 is 0 Å². The number of rotatable bonds is 9. The molecule has 0 N–H and O–H groups in total. The molecule has 118 valence electrons. The van der Waals surface area contributed by atoms with Crippen molar-refractivity contribution >= 4 is 0 Å². The van der Waals surface area contributed by atoms with Gasteiger partial charge in [-0.25, -0.2) is 4.98 Å². The molecule has 0 bridgehead atoms. The number of hydrogen-bond donors (Lipinski definition) is 0. The van der Waals surface area contributed by atoms with E-state index in [0.717, 1.165) is 37.7 Å². The molecule has 0 aliphatic heterocycles. The number of para-hydroxylation sites is 1. The van der Waals surface area contributed by atoms with E-state index in [2.05, 4.69) is 32.7 Å². The molecule has 0 atom stereocenters. The van der Waals surface area contributed by atoms with Crippen LogP contribution in [0.2, 0.25) is 0 Å². The Morgan fingerprint density at radius 3 is 2.91 bits per heavy atom. The summed E-state index contributed by atoms with van der Waals surface area (Å²) >= 11 is 0. The van der Waals surface area contributed by atoms with Crippen LogP contribution in [0.4, 0.5) is 0 Å². The fourth-order valence-electron chi connectivity index (χ4n) is 2.87. The van der Waals surface area contributed by atoms with Crippen LogP contribution in [0, 0.1) is 5.92 Å². The van der Waals surface area contributed by atoms with Crippen LogP contribution in [0.15, 0.2) is 43.0 Å². The first-order valence-electron chi connectivity index (χ1n) is 8.15. The minimum atomic E-state index is 0.906. The smallest absolute Gasteiger partial charge is 0.123 e. The van der Waals surface area contributed by atoms with E-state index in [1.165, 1.54) is 24.9 Å². The van der Waals surface area contributed by atoms with Gasteiger partial charge in [-0.1, -0.05) is 18.2 Å². The number of aryl methyl sites for hydroxylation is 1. The molecular weight excluding hydrogens is 274 g/mol. The van der Waals surface area contributed by atoms with Gasteiger partial charge in [-0.05, 0) is 31.2 Å². The molecule has 1 heterocycles. The first kappa shape index (κ1) is 15.1. The van der Waals surface area contributed by atoms with Crippen molar-refractivity contribution in [3.05, 3.63) is 48.5 Å². The summed E-state index contributed by atoms with van der Waals surface area (Å²) in [5.74, 6) is 1.90. The van der Waals surface area contributed by atoms with Crippen molar-refractivity contribution in [1.82, 2.24) is 14.5 Å². The summed E-state index contributed by atoms with van der Waals surface area (Å²) < 4.78 is 7.64. The second-order valence-electron chi connectivity index (χ2n) is 6.14. The summed E-state index contributed by atoms with van der Waals surface area (Å²) in [4.78, 5) is 6.68. The monoisotopic (exact) mass is 299 g/mol. The van der Waals surface area contributed by atoms with Crippen LogP contribution in [0.5, 0.6) is 5.75 Å².